The molecule has 0 heterocycles. The Morgan fingerprint density at radius 3 is 2.33 bits per heavy atom. The predicted molar refractivity (Wildman–Crippen MR) is 58.1 cm³/mol. The number of rotatable bonds is 5. The van der Waals surface area contributed by atoms with Gasteiger partial charge >= 0.3 is 0 Å². The van der Waals surface area contributed by atoms with Crippen LogP contribution in [0, 0.1) is 11.8 Å². The molecule has 0 amide bonds. The molecule has 0 radical (unpaired) electrons. The average Bonchev–Trinajstić information content (AvgIpc) is 2.17. The minimum Gasteiger partial charge on any atom is -0.550 e. The maximum Gasteiger partial charge on any atom is 0.0448 e. The van der Waals surface area contributed by atoms with Crippen molar-refractivity contribution < 1.29 is 9.90 Å². The number of benzene rings is 1. The van der Waals surface area contributed by atoms with E-state index in [0.29, 0.717) is 18.8 Å². The van der Waals surface area contributed by atoms with E-state index in [1.807, 2.05) is 44.2 Å². The lowest BCUT2D eigenvalue weighted by Crippen LogP contribution is -2.33. The SMILES string of the molecule is CC(C)CC(Cc1ccccc1)C(=O)[O-]. The molecule has 0 saturated heterocycles. The fourth-order valence-corrected chi connectivity index (χ4v) is 1.73. The smallest absolute Gasteiger partial charge is 0.0448 e. The highest BCUT2D eigenvalue weighted by Crippen LogP contribution is 2.16. The van der Waals surface area contributed by atoms with Crippen LogP contribution in [0.5, 0.6) is 0 Å². The number of hydrogen-bond donors (Lipinski definition) is 0. The van der Waals surface area contributed by atoms with E-state index < -0.39 is 5.97 Å². The molecule has 0 bridgehead atoms. The van der Waals surface area contributed by atoms with E-state index in [1.54, 1.807) is 0 Å². The summed E-state index contributed by atoms with van der Waals surface area (Å²) in [5.41, 5.74) is 1.06. The minimum atomic E-state index is -0.937. The topological polar surface area (TPSA) is 40.1 Å². The van der Waals surface area contributed by atoms with Gasteiger partial charge in [-0.2, -0.15) is 0 Å². The minimum absolute atomic E-state index is 0.368. The van der Waals surface area contributed by atoms with Gasteiger partial charge in [0.2, 0.25) is 0 Å². The second-order valence-electron chi connectivity index (χ2n) is 4.34. The molecule has 0 spiro atoms. The Morgan fingerprint density at radius 1 is 1.27 bits per heavy atom. The summed E-state index contributed by atoms with van der Waals surface area (Å²) in [6.45, 7) is 4.06. The fourth-order valence-electron chi connectivity index (χ4n) is 1.73. The zero-order chi connectivity index (χ0) is 11.3. The van der Waals surface area contributed by atoms with Crippen LogP contribution in [-0.4, -0.2) is 5.97 Å². The highest BCUT2D eigenvalue weighted by atomic mass is 16.4. The first-order valence-electron chi connectivity index (χ1n) is 5.34. The van der Waals surface area contributed by atoms with Crippen LogP contribution < -0.4 is 5.11 Å². The van der Waals surface area contributed by atoms with Gasteiger partial charge in [0.05, 0.1) is 0 Å². The van der Waals surface area contributed by atoms with Crippen LogP contribution in [0.25, 0.3) is 0 Å². The van der Waals surface area contributed by atoms with Crippen molar-refractivity contribution >= 4 is 5.97 Å². The number of aliphatic carboxylic acids is 1. The molecule has 0 aromatic heterocycles. The van der Waals surface area contributed by atoms with E-state index in [1.165, 1.54) is 0 Å². The van der Waals surface area contributed by atoms with E-state index in [0.717, 1.165) is 5.56 Å². The van der Waals surface area contributed by atoms with Crippen molar-refractivity contribution in [2.75, 3.05) is 0 Å². The lowest BCUT2D eigenvalue weighted by Gasteiger charge is -2.19. The van der Waals surface area contributed by atoms with Gasteiger partial charge in [-0.15, -0.1) is 0 Å². The highest BCUT2D eigenvalue weighted by Gasteiger charge is 2.12. The van der Waals surface area contributed by atoms with Gasteiger partial charge in [0.25, 0.3) is 0 Å². The second-order valence-corrected chi connectivity index (χ2v) is 4.34. The van der Waals surface area contributed by atoms with E-state index in [9.17, 15) is 9.90 Å². The molecule has 0 aliphatic carbocycles. The van der Waals surface area contributed by atoms with E-state index >= 15 is 0 Å². The Morgan fingerprint density at radius 2 is 1.87 bits per heavy atom. The predicted octanol–water partition coefficient (Wildman–Crippen LogP) is 1.64. The monoisotopic (exact) mass is 205 g/mol. The summed E-state index contributed by atoms with van der Waals surface area (Å²) < 4.78 is 0. The molecule has 15 heavy (non-hydrogen) atoms. The first kappa shape index (κ1) is 11.8. The molecule has 0 aliphatic rings. The molecule has 1 aromatic rings. The third-order valence-corrected chi connectivity index (χ3v) is 2.41. The van der Waals surface area contributed by atoms with Crippen LogP contribution in [-0.2, 0) is 11.2 Å². The average molecular weight is 205 g/mol. The highest BCUT2D eigenvalue weighted by molar-refractivity contribution is 5.68. The van der Waals surface area contributed by atoms with Crippen LogP contribution in [0.3, 0.4) is 0 Å². The normalized spacial score (nSPS) is 12.7. The summed E-state index contributed by atoms with van der Waals surface area (Å²) in [4.78, 5) is 10.9. The van der Waals surface area contributed by atoms with E-state index in [2.05, 4.69) is 0 Å². The summed E-state index contributed by atoms with van der Waals surface area (Å²) in [5.74, 6) is -0.920. The first-order chi connectivity index (χ1) is 7.09. The Labute approximate surface area is 90.9 Å². The number of carboxylic acid groups (broad SMARTS) is 1. The van der Waals surface area contributed by atoms with Crippen LogP contribution in [0.4, 0.5) is 0 Å². The lowest BCUT2D eigenvalue weighted by atomic mass is 9.91. The molecular formula is C13H17O2-. The lowest BCUT2D eigenvalue weighted by molar-refractivity contribution is -0.312. The largest absolute Gasteiger partial charge is 0.550 e. The van der Waals surface area contributed by atoms with Gasteiger partial charge in [-0.25, -0.2) is 0 Å². The fraction of sp³-hybridized carbons (Fsp3) is 0.462. The van der Waals surface area contributed by atoms with Crippen molar-refractivity contribution in [2.45, 2.75) is 26.7 Å². The molecule has 0 fully saturated rings. The molecule has 0 N–H and O–H groups in total. The van der Waals surface area contributed by atoms with Gasteiger partial charge in [-0.05, 0) is 24.3 Å². The number of carbonyl (C=O) groups is 1. The summed E-state index contributed by atoms with van der Waals surface area (Å²) in [5, 5.41) is 10.9. The van der Waals surface area contributed by atoms with E-state index in [-0.39, 0.29) is 5.92 Å². The zero-order valence-corrected chi connectivity index (χ0v) is 9.27. The number of carboxylic acids is 1. The van der Waals surface area contributed by atoms with E-state index in [4.69, 9.17) is 0 Å². The quantitative estimate of drug-likeness (QED) is 0.733. The van der Waals surface area contributed by atoms with Gasteiger partial charge in [0.15, 0.2) is 0 Å². The Kier molecular flexibility index (Phi) is 4.35. The molecule has 0 aliphatic heterocycles. The van der Waals surface area contributed by atoms with Crippen molar-refractivity contribution in [3.8, 4) is 0 Å². The summed E-state index contributed by atoms with van der Waals surface area (Å²) in [6.07, 6.45) is 1.25. The Bertz CT molecular complexity index is 304. The Hall–Kier alpha value is -1.31. The molecule has 2 heteroatoms. The zero-order valence-electron chi connectivity index (χ0n) is 9.27. The van der Waals surface area contributed by atoms with Crippen LogP contribution in [0.1, 0.15) is 25.8 Å². The van der Waals surface area contributed by atoms with Crippen molar-refractivity contribution in [3.63, 3.8) is 0 Å². The molecular weight excluding hydrogens is 188 g/mol. The molecule has 0 saturated carbocycles. The van der Waals surface area contributed by atoms with Gasteiger partial charge in [0, 0.05) is 11.9 Å². The van der Waals surface area contributed by atoms with Crippen molar-refractivity contribution in [1.29, 1.82) is 0 Å². The maximum atomic E-state index is 10.9. The Balaban J connectivity index is 2.63. The van der Waals surface area contributed by atoms with Crippen LogP contribution >= 0.6 is 0 Å². The van der Waals surface area contributed by atoms with Gasteiger partial charge < -0.3 is 9.90 Å². The molecule has 2 nitrogen and oxygen atoms in total. The molecule has 1 atom stereocenters. The maximum absolute atomic E-state index is 10.9. The molecule has 1 unspecified atom stereocenters. The van der Waals surface area contributed by atoms with Gasteiger partial charge in [-0.1, -0.05) is 44.2 Å². The van der Waals surface area contributed by atoms with Crippen LogP contribution in [0.2, 0.25) is 0 Å². The third kappa shape index (κ3) is 4.15. The third-order valence-electron chi connectivity index (χ3n) is 2.41. The molecule has 82 valence electrons. The summed E-state index contributed by atoms with van der Waals surface area (Å²) in [6, 6.07) is 9.70. The number of carbonyl (C=O) groups excluding carboxylic acids is 1. The summed E-state index contributed by atoms with van der Waals surface area (Å²) >= 11 is 0. The van der Waals surface area contributed by atoms with Gasteiger partial charge in [0.1, 0.15) is 0 Å². The standard InChI is InChI=1S/C13H18O2/c1-10(2)8-12(13(14)15)9-11-6-4-3-5-7-11/h3-7,10,12H,8-9H2,1-2H3,(H,14,15)/p-1. The second kappa shape index (κ2) is 5.54. The summed E-state index contributed by atoms with van der Waals surface area (Å²) in [7, 11) is 0. The molecule has 1 aromatic carbocycles. The van der Waals surface area contributed by atoms with Gasteiger partial charge in [-0.3, -0.25) is 0 Å². The van der Waals surface area contributed by atoms with Crippen molar-refractivity contribution in [2.24, 2.45) is 11.8 Å². The number of hydrogen-bond acceptors (Lipinski definition) is 2. The van der Waals surface area contributed by atoms with Crippen molar-refractivity contribution in [1.82, 2.24) is 0 Å². The first-order valence-corrected chi connectivity index (χ1v) is 5.34. The molecule has 1 rings (SSSR count). The van der Waals surface area contributed by atoms with Crippen LogP contribution in [0.15, 0.2) is 30.3 Å². The van der Waals surface area contributed by atoms with Crippen molar-refractivity contribution in [3.05, 3.63) is 35.9 Å².